The second-order valence-corrected chi connectivity index (χ2v) is 5.43. The topological polar surface area (TPSA) is 47.9 Å². The van der Waals surface area contributed by atoms with Gasteiger partial charge >= 0.3 is 0 Å². The van der Waals surface area contributed by atoms with Crippen LogP contribution >= 0.6 is 0 Å². The summed E-state index contributed by atoms with van der Waals surface area (Å²) < 4.78 is 17.2. The van der Waals surface area contributed by atoms with Gasteiger partial charge in [0.2, 0.25) is 0 Å². The summed E-state index contributed by atoms with van der Waals surface area (Å²) in [5.41, 5.74) is 1.86. The summed E-state index contributed by atoms with van der Waals surface area (Å²) in [6.07, 6.45) is 0.601. The molecule has 2 aromatic rings. The molecule has 0 amide bonds. The second kappa shape index (κ2) is 4.40. The molecule has 0 fully saturated rings. The van der Waals surface area contributed by atoms with Gasteiger partial charge in [-0.15, -0.1) is 0 Å². The molecule has 1 N–H and O–H groups in total. The predicted molar refractivity (Wildman–Crippen MR) is 76.7 cm³/mol. The molecule has 0 radical (unpaired) electrons. The van der Waals surface area contributed by atoms with Crippen molar-refractivity contribution in [2.45, 2.75) is 24.7 Å². The Labute approximate surface area is 122 Å². The van der Waals surface area contributed by atoms with Crippen LogP contribution in [0.3, 0.4) is 0 Å². The Morgan fingerprint density at radius 1 is 1.14 bits per heavy atom. The minimum Gasteiger partial charge on any atom is -0.497 e. The van der Waals surface area contributed by atoms with Gasteiger partial charge in [0.05, 0.1) is 7.11 Å². The zero-order chi connectivity index (χ0) is 14.4. The summed E-state index contributed by atoms with van der Waals surface area (Å²) >= 11 is 0. The van der Waals surface area contributed by atoms with E-state index in [1.807, 2.05) is 42.5 Å². The lowest BCUT2D eigenvalue weighted by Crippen LogP contribution is -2.46. The van der Waals surface area contributed by atoms with Crippen molar-refractivity contribution < 1.29 is 19.3 Å². The number of hydrogen-bond donors (Lipinski definition) is 1. The van der Waals surface area contributed by atoms with Crippen LogP contribution in [0.4, 0.5) is 0 Å². The minimum atomic E-state index is -1.01. The van der Waals surface area contributed by atoms with E-state index in [1.165, 1.54) is 0 Å². The van der Waals surface area contributed by atoms with E-state index in [9.17, 15) is 5.11 Å². The fourth-order valence-corrected chi connectivity index (χ4v) is 3.07. The number of aliphatic hydroxyl groups excluding tert-OH is 1. The minimum absolute atomic E-state index is 0.600. The van der Waals surface area contributed by atoms with Gasteiger partial charge in [0.1, 0.15) is 17.2 Å². The average molecular weight is 284 g/mol. The zero-order valence-electron chi connectivity index (χ0n) is 11.7. The van der Waals surface area contributed by atoms with E-state index >= 15 is 0 Å². The third-order valence-electron chi connectivity index (χ3n) is 4.21. The van der Waals surface area contributed by atoms with Crippen LogP contribution in [0.15, 0.2) is 42.5 Å². The highest BCUT2D eigenvalue weighted by Gasteiger charge is 2.51. The lowest BCUT2D eigenvalue weighted by atomic mass is 9.94. The Bertz CT molecular complexity index is 697. The Balaban J connectivity index is 1.70. The van der Waals surface area contributed by atoms with Crippen molar-refractivity contribution >= 4 is 0 Å². The quantitative estimate of drug-likeness (QED) is 0.874. The van der Waals surface area contributed by atoms with E-state index in [-0.39, 0.29) is 0 Å². The maximum absolute atomic E-state index is 10.6. The first-order valence-electron chi connectivity index (χ1n) is 7.04. The average Bonchev–Trinajstić information content (AvgIpc) is 2.79. The third-order valence-corrected chi connectivity index (χ3v) is 4.21. The van der Waals surface area contributed by atoms with Crippen molar-refractivity contribution in [3.8, 4) is 17.2 Å². The van der Waals surface area contributed by atoms with E-state index in [4.69, 9.17) is 14.2 Å². The molecule has 2 aliphatic heterocycles. The zero-order valence-corrected chi connectivity index (χ0v) is 11.7. The summed E-state index contributed by atoms with van der Waals surface area (Å²) in [6, 6.07) is 13.2. The molecule has 4 heteroatoms. The molecule has 108 valence electrons. The van der Waals surface area contributed by atoms with Gasteiger partial charge in [-0.1, -0.05) is 18.2 Å². The highest BCUT2D eigenvalue weighted by atomic mass is 16.7. The number of hydrogen-bond acceptors (Lipinski definition) is 4. The number of ether oxygens (including phenoxy) is 3. The third kappa shape index (κ3) is 1.79. The Kier molecular flexibility index (Phi) is 2.62. The first-order valence-corrected chi connectivity index (χ1v) is 7.04. The van der Waals surface area contributed by atoms with Gasteiger partial charge in [-0.05, 0) is 36.2 Å². The Morgan fingerprint density at radius 2 is 1.95 bits per heavy atom. The van der Waals surface area contributed by atoms with Crippen LogP contribution in [0.5, 0.6) is 17.2 Å². The molecule has 4 nitrogen and oxygen atoms in total. The van der Waals surface area contributed by atoms with Crippen LogP contribution in [0, 0.1) is 0 Å². The molecule has 0 saturated carbocycles. The largest absolute Gasteiger partial charge is 0.497 e. The summed E-state index contributed by atoms with van der Waals surface area (Å²) in [5, 5.41) is 10.6. The summed E-state index contributed by atoms with van der Waals surface area (Å²) in [4.78, 5) is 0. The van der Waals surface area contributed by atoms with Crippen LogP contribution in [-0.4, -0.2) is 18.0 Å². The van der Waals surface area contributed by atoms with Gasteiger partial charge in [0.15, 0.2) is 6.10 Å². The van der Waals surface area contributed by atoms with Crippen molar-refractivity contribution in [1.29, 1.82) is 0 Å². The fraction of sp³-hybridized carbons (Fsp3) is 0.294. The molecule has 2 aliphatic rings. The fourth-order valence-electron chi connectivity index (χ4n) is 3.07. The van der Waals surface area contributed by atoms with Crippen LogP contribution < -0.4 is 14.2 Å². The Hall–Kier alpha value is -2.20. The second-order valence-electron chi connectivity index (χ2n) is 5.43. The van der Waals surface area contributed by atoms with Crippen molar-refractivity contribution in [2.24, 2.45) is 0 Å². The Morgan fingerprint density at radius 3 is 2.76 bits per heavy atom. The number of fused-ring (bicyclic) bond motifs is 2. The molecule has 4 rings (SSSR count). The molecule has 2 aromatic carbocycles. The SMILES string of the molecule is COc1ccc2c(c1)CC[C@@]1(O2)Oc2ccccc2[C@@H]1O. The summed E-state index contributed by atoms with van der Waals surface area (Å²) in [7, 11) is 1.65. The van der Waals surface area contributed by atoms with Crippen LogP contribution in [0.2, 0.25) is 0 Å². The predicted octanol–water partition coefficient (Wildman–Crippen LogP) is 2.84. The van der Waals surface area contributed by atoms with Crippen molar-refractivity contribution in [3.05, 3.63) is 53.6 Å². The highest BCUT2D eigenvalue weighted by molar-refractivity contribution is 5.46. The summed E-state index contributed by atoms with van der Waals surface area (Å²) in [6.45, 7) is 0. The number of aryl methyl sites for hydroxylation is 1. The highest BCUT2D eigenvalue weighted by Crippen LogP contribution is 2.49. The van der Waals surface area contributed by atoms with Gasteiger partial charge in [-0.2, -0.15) is 0 Å². The molecule has 0 aromatic heterocycles. The van der Waals surface area contributed by atoms with E-state index in [0.29, 0.717) is 12.2 Å². The molecule has 0 bridgehead atoms. The number of aliphatic hydroxyl groups is 1. The molecule has 0 unspecified atom stereocenters. The van der Waals surface area contributed by atoms with Gasteiger partial charge in [0.25, 0.3) is 5.79 Å². The van der Waals surface area contributed by atoms with Crippen LogP contribution in [0.25, 0.3) is 0 Å². The number of benzene rings is 2. The monoisotopic (exact) mass is 284 g/mol. The van der Waals surface area contributed by atoms with Gasteiger partial charge in [-0.25, -0.2) is 0 Å². The molecular formula is C17H16O4. The molecule has 21 heavy (non-hydrogen) atoms. The first-order chi connectivity index (χ1) is 10.2. The maximum atomic E-state index is 10.6. The molecule has 0 aliphatic carbocycles. The van der Waals surface area contributed by atoms with E-state index in [1.54, 1.807) is 7.11 Å². The van der Waals surface area contributed by atoms with E-state index in [2.05, 4.69) is 0 Å². The van der Waals surface area contributed by atoms with Crippen LogP contribution in [0.1, 0.15) is 23.7 Å². The molecular weight excluding hydrogens is 268 g/mol. The van der Waals surface area contributed by atoms with Crippen LogP contribution in [-0.2, 0) is 6.42 Å². The smallest absolute Gasteiger partial charge is 0.281 e. The lowest BCUT2D eigenvalue weighted by molar-refractivity contribution is -0.179. The van der Waals surface area contributed by atoms with Crippen molar-refractivity contribution in [1.82, 2.24) is 0 Å². The number of rotatable bonds is 1. The molecule has 2 atom stereocenters. The van der Waals surface area contributed by atoms with Gasteiger partial charge in [0, 0.05) is 12.0 Å². The maximum Gasteiger partial charge on any atom is 0.281 e. The van der Waals surface area contributed by atoms with Gasteiger partial charge < -0.3 is 19.3 Å². The summed E-state index contributed by atoms with van der Waals surface area (Å²) in [5.74, 6) is 1.24. The van der Waals surface area contributed by atoms with Crippen molar-refractivity contribution in [3.63, 3.8) is 0 Å². The molecule has 2 heterocycles. The van der Waals surface area contributed by atoms with Gasteiger partial charge in [-0.3, -0.25) is 0 Å². The molecule has 0 saturated heterocycles. The normalized spacial score (nSPS) is 25.7. The van der Waals surface area contributed by atoms with Crippen molar-refractivity contribution in [2.75, 3.05) is 7.11 Å². The number of para-hydroxylation sites is 1. The van der Waals surface area contributed by atoms with E-state index < -0.39 is 11.9 Å². The van der Waals surface area contributed by atoms with E-state index in [0.717, 1.165) is 29.0 Å². The first kappa shape index (κ1) is 12.5. The lowest BCUT2D eigenvalue weighted by Gasteiger charge is -2.36. The standard InChI is InChI=1S/C17H16O4/c1-19-12-6-7-14-11(10-12)8-9-17(20-14)16(18)13-4-2-3-5-15(13)21-17/h2-7,10,16,18H,8-9H2,1H3/t16-,17+/m0/s1. The number of methoxy groups -OCH3 is 1. The molecule has 1 spiro atoms.